The summed E-state index contributed by atoms with van der Waals surface area (Å²) < 4.78 is 19.4. The number of hydrogen-bond donors (Lipinski definition) is 2. The molecule has 0 aromatic heterocycles. The first-order valence-corrected chi connectivity index (χ1v) is 11.2. The fraction of sp³-hybridized carbons (Fsp3) is 0.478. The normalized spacial score (nSPS) is 29.7. The summed E-state index contributed by atoms with van der Waals surface area (Å²) in [5, 5.41) is 23.6. The third-order valence-electron chi connectivity index (χ3n) is 6.81. The Kier molecular flexibility index (Phi) is 7.68. The van der Waals surface area contributed by atoms with E-state index < -0.39 is 70.4 Å². The maximum atomic E-state index is 13.2. The average molecular weight is 531 g/mol. The van der Waals surface area contributed by atoms with Gasteiger partial charge >= 0.3 is 23.9 Å². The van der Waals surface area contributed by atoms with E-state index in [9.17, 15) is 29.4 Å². The Hall–Kier alpha value is -2.82. The number of esters is 4. The monoisotopic (exact) mass is 530 g/mol. The SMILES string of the molecule is COC(=O)C1=C(O)C(C(=O)OC)[C@]2(O)[C@@H](C(=O)OC)[C@@H]1C[C@H](c1c(Cl)cccc1Cl)[C@@H]2C(=O)OC. The number of fused-ring (bicyclic) bond motifs is 2. The van der Waals surface area contributed by atoms with E-state index in [1.165, 1.54) is 12.1 Å². The van der Waals surface area contributed by atoms with Crippen LogP contribution in [0.1, 0.15) is 17.9 Å². The summed E-state index contributed by atoms with van der Waals surface area (Å²) in [7, 11) is 4.13. The second-order valence-electron chi connectivity index (χ2n) is 8.22. The molecule has 0 amide bonds. The standard InChI is InChI=1S/C23H24Cl2O10/c1-32-19(27)14-10-8-9(13-11(24)6-5-7-12(13)25)15(20(28)33-2)23(31,16(10)21(29)34-3)17(18(14)26)22(30)35-4/h5-7,9-10,15-17,26,31H,8H2,1-4H3/t9-,10-,15-,16-,17?,23-/m1/s1. The van der Waals surface area contributed by atoms with E-state index in [4.69, 9.17) is 42.1 Å². The minimum Gasteiger partial charge on any atom is -0.511 e. The molecule has 0 heterocycles. The molecule has 0 radical (unpaired) electrons. The number of halogens is 2. The van der Waals surface area contributed by atoms with Crippen LogP contribution < -0.4 is 0 Å². The number of aliphatic hydroxyl groups excluding tert-OH is 1. The molecule has 2 N–H and O–H groups in total. The Morgan fingerprint density at radius 2 is 1.34 bits per heavy atom. The van der Waals surface area contributed by atoms with Gasteiger partial charge in [-0.2, -0.15) is 0 Å². The molecule has 10 nitrogen and oxygen atoms in total. The van der Waals surface area contributed by atoms with Crippen LogP contribution in [0, 0.1) is 23.7 Å². The molecule has 2 aliphatic rings. The predicted octanol–water partition coefficient (Wildman–Crippen LogP) is 2.19. The number of aliphatic hydroxyl groups is 2. The number of rotatable bonds is 5. The summed E-state index contributed by atoms with van der Waals surface area (Å²) >= 11 is 12.9. The number of hydrogen-bond acceptors (Lipinski definition) is 10. The molecule has 0 saturated heterocycles. The van der Waals surface area contributed by atoms with E-state index in [1.807, 2.05) is 0 Å². The molecule has 1 fully saturated rings. The first-order chi connectivity index (χ1) is 16.5. The lowest BCUT2D eigenvalue weighted by atomic mass is 9.49. The van der Waals surface area contributed by atoms with E-state index in [-0.39, 0.29) is 22.0 Å². The molecule has 1 aromatic carbocycles. The van der Waals surface area contributed by atoms with Gasteiger partial charge in [-0.1, -0.05) is 29.3 Å². The topological polar surface area (TPSA) is 146 Å². The van der Waals surface area contributed by atoms with Gasteiger partial charge in [0, 0.05) is 21.9 Å². The van der Waals surface area contributed by atoms with Gasteiger partial charge in [0.2, 0.25) is 0 Å². The predicted molar refractivity (Wildman–Crippen MR) is 120 cm³/mol. The van der Waals surface area contributed by atoms with Crippen LogP contribution in [0.25, 0.3) is 0 Å². The van der Waals surface area contributed by atoms with Gasteiger partial charge in [0.05, 0.1) is 45.8 Å². The van der Waals surface area contributed by atoms with Crippen molar-refractivity contribution in [3.05, 3.63) is 45.1 Å². The van der Waals surface area contributed by atoms with Crippen molar-refractivity contribution in [2.75, 3.05) is 28.4 Å². The second kappa shape index (κ2) is 10.0. The van der Waals surface area contributed by atoms with Gasteiger partial charge in [-0.15, -0.1) is 0 Å². The van der Waals surface area contributed by atoms with Gasteiger partial charge in [0.1, 0.15) is 17.3 Å². The summed E-state index contributed by atoms with van der Waals surface area (Å²) in [6.45, 7) is 0. The van der Waals surface area contributed by atoms with Crippen LogP contribution in [0.2, 0.25) is 10.0 Å². The van der Waals surface area contributed by atoms with Gasteiger partial charge < -0.3 is 29.2 Å². The molecule has 3 rings (SSSR count). The van der Waals surface area contributed by atoms with Gasteiger partial charge in [-0.25, -0.2) is 4.79 Å². The maximum absolute atomic E-state index is 13.2. The summed E-state index contributed by atoms with van der Waals surface area (Å²) in [5.74, 6) is -12.8. The van der Waals surface area contributed by atoms with Crippen molar-refractivity contribution in [2.24, 2.45) is 23.7 Å². The fourth-order valence-corrected chi connectivity index (χ4v) is 6.16. The molecule has 0 spiro atoms. The molecule has 1 aromatic rings. The van der Waals surface area contributed by atoms with Gasteiger partial charge in [0.15, 0.2) is 0 Å². The Morgan fingerprint density at radius 1 is 0.857 bits per heavy atom. The van der Waals surface area contributed by atoms with Crippen LogP contribution in [0.15, 0.2) is 29.5 Å². The van der Waals surface area contributed by atoms with E-state index in [0.29, 0.717) is 0 Å². The van der Waals surface area contributed by atoms with Crippen LogP contribution in [-0.4, -0.2) is 68.1 Å². The van der Waals surface area contributed by atoms with Gasteiger partial charge in [-0.05, 0) is 24.1 Å². The number of benzene rings is 1. The molecule has 2 bridgehead atoms. The van der Waals surface area contributed by atoms with Crippen LogP contribution in [0.5, 0.6) is 0 Å². The second-order valence-corrected chi connectivity index (χ2v) is 9.03. The van der Waals surface area contributed by atoms with Crippen molar-refractivity contribution in [1.29, 1.82) is 0 Å². The highest BCUT2D eigenvalue weighted by Gasteiger charge is 2.71. The van der Waals surface area contributed by atoms with Crippen molar-refractivity contribution in [2.45, 2.75) is 17.9 Å². The smallest absolute Gasteiger partial charge is 0.337 e. The first-order valence-electron chi connectivity index (χ1n) is 10.4. The Morgan fingerprint density at radius 3 is 1.80 bits per heavy atom. The van der Waals surface area contributed by atoms with Crippen LogP contribution >= 0.6 is 23.2 Å². The van der Waals surface area contributed by atoms with Gasteiger partial charge in [-0.3, -0.25) is 14.4 Å². The van der Waals surface area contributed by atoms with Crippen molar-refractivity contribution in [3.63, 3.8) is 0 Å². The third-order valence-corrected chi connectivity index (χ3v) is 7.47. The highest BCUT2D eigenvalue weighted by atomic mass is 35.5. The van der Waals surface area contributed by atoms with E-state index in [2.05, 4.69) is 0 Å². The number of carbonyl (C=O) groups is 4. The van der Waals surface area contributed by atoms with Crippen molar-refractivity contribution in [3.8, 4) is 0 Å². The molecule has 12 heteroatoms. The summed E-state index contributed by atoms with van der Waals surface area (Å²) in [6.07, 6.45) is -0.187. The minimum absolute atomic E-state index is 0.136. The maximum Gasteiger partial charge on any atom is 0.337 e. The lowest BCUT2D eigenvalue weighted by molar-refractivity contribution is -0.208. The number of ether oxygens (including phenoxy) is 4. The number of methoxy groups -OCH3 is 4. The van der Waals surface area contributed by atoms with E-state index in [1.54, 1.807) is 6.07 Å². The summed E-state index contributed by atoms with van der Waals surface area (Å²) in [6, 6.07) is 4.59. The van der Waals surface area contributed by atoms with Crippen LogP contribution in [0.3, 0.4) is 0 Å². The molecule has 2 aliphatic carbocycles. The molecular formula is C23H24Cl2O10. The Balaban J connectivity index is 2.47. The third kappa shape index (κ3) is 4.03. The molecular weight excluding hydrogens is 507 g/mol. The summed E-state index contributed by atoms with van der Waals surface area (Å²) in [4.78, 5) is 52.0. The van der Waals surface area contributed by atoms with E-state index in [0.717, 1.165) is 28.4 Å². The lowest BCUT2D eigenvalue weighted by Crippen LogP contribution is -2.68. The zero-order chi connectivity index (χ0) is 26.2. The minimum atomic E-state index is -2.66. The van der Waals surface area contributed by atoms with Crippen molar-refractivity contribution in [1.82, 2.24) is 0 Å². The van der Waals surface area contributed by atoms with Crippen LogP contribution in [0.4, 0.5) is 0 Å². The summed E-state index contributed by atoms with van der Waals surface area (Å²) in [5.41, 5.74) is -2.86. The Bertz CT molecular complexity index is 1080. The molecule has 1 unspecified atom stereocenters. The number of carbonyl (C=O) groups excluding carboxylic acids is 4. The average Bonchev–Trinajstić information content (AvgIpc) is 2.82. The molecule has 35 heavy (non-hydrogen) atoms. The molecule has 6 atom stereocenters. The lowest BCUT2D eigenvalue weighted by Gasteiger charge is -2.55. The van der Waals surface area contributed by atoms with Crippen molar-refractivity contribution >= 4 is 47.1 Å². The zero-order valence-corrected chi connectivity index (χ0v) is 20.8. The highest BCUT2D eigenvalue weighted by Crippen LogP contribution is 2.61. The van der Waals surface area contributed by atoms with Crippen LogP contribution in [-0.2, 0) is 38.1 Å². The van der Waals surface area contributed by atoms with Crippen molar-refractivity contribution < 1.29 is 48.3 Å². The molecule has 0 aliphatic heterocycles. The zero-order valence-electron chi connectivity index (χ0n) is 19.2. The molecule has 1 saturated carbocycles. The first kappa shape index (κ1) is 26.8. The molecule has 190 valence electrons. The quantitative estimate of drug-likeness (QED) is 0.428. The largest absolute Gasteiger partial charge is 0.511 e. The van der Waals surface area contributed by atoms with E-state index >= 15 is 0 Å². The Labute approximate surface area is 210 Å². The van der Waals surface area contributed by atoms with Gasteiger partial charge in [0.25, 0.3) is 0 Å². The highest BCUT2D eigenvalue weighted by molar-refractivity contribution is 6.36. The fourth-order valence-electron chi connectivity index (χ4n) is 5.49.